The number of cyclic esters (lactones) is 1. The molecule has 0 radical (unpaired) electrons. The first kappa shape index (κ1) is 49.4. The molecule has 16 atom stereocenters. The number of esters is 2. The molecule has 0 N–H and O–H groups in total. The van der Waals surface area contributed by atoms with Crippen LogP contribution in [0.5, 0.6) is 0 Å². The molecule has 0 spiro atoms. The molecule has 0 amide bonds. The number of carbonyl (C=O) groups is 4. The maximum absolute atomic E-state index is 14.5. The Morgan fingerprint density at radius 3 is 2.19 bits per heavy atom. The van der Waals surface area contributed by atoms with Gasteiger partial charge in [0.05, 0.1) is 36.4 Å². The number of hydrogen-bond donors (Lipinski definition) is 0. The van der Waals surface area contributed by atoms with Crippen LogP contribution in [0.4, 0.5) is 4.79 Å². The van der Waals surface area contributed by atoms with Gasteiger partial charge in [-0.25, -0.2) is 4.79 Å². The summed E-state index contributed by atoms with van der Waals surface area (Å²) in [6, 6.07) is 9.07. The molecule has 2 bridgehead atoms. The van der Waals surface area contributed by atoms with Gasteiger partial charge in [0.1, 0.15) is 24.1 Å². The predicted molar refractivity (Wildman–Crippen MR) is 226 cm³/mol. The normalized spacial score (nSPS) is 39.5. The number of fused-ring (bicyclic) bond motifs is 2. The molecule has 0 unspecified atom stereocenters. The summed E-state index contributed by atoms with van der Waals surface area (Å²) < 4.78 is 63.0. The Morgan fingerprint density at radius 1 is 0.903 bits per heavy atom. The standard InChI is InChI=1S/C47H71NO14/c1-15-35-47(11)41(50)29(6)38(62-47)26(3)21-25(2)37(60-44-40(57-32(9)49)34(48(12)13)22-27(4)55-44)28(5)39(30(7)43(51)58-35)59-36-23-46(10,53-14)42(31(8)56-36)61-45(52)54-24-33-19-17-16-18-20-33/h16-20,25-28,30-31,34-37,39-40,42,44H,15,21-24H2,1-14H3/t25-,26+,27+,28+,30+,31-,34-,35+,36-,37-,39-,40+,42-,44-,46+,47-/m0/s1. The molecule has 3 saturated heterocycles. The summed E-state index contributed by atoms with van der Waals surface area (Å²) in [6.07, 6.45) is -6.31. The van der Waals surface area contributed by atoms with E-state index in [1.807, 2.05) is 83.9 Å². The summed E-state index contributed by atoms with van der Waals surface area (Å²) in [4.78, 5) is 56.1. The molecule has 15 heteroatoms. The molecule has 0 aliphatic carbocycles. The van der Waals surface area contributed by atoms with E-state index in [0.29, 0.717) is 30.6 Å². The van der Waals surface area contributed by atoms with Crippen LogP contribution in [0.2, 0.25) is 0 Å². The molecular weight excluding hydrogens is 803 g/mol. The second-order valence-corrected chi connectivity index (χ2v) is 18.5. The van der Waals surface area contributed by atoms with Crippen LogP contribution in [0, 0.1) is 23.7 Å². The lowest BCUT2D eigenvalue weighted by atomic mass is 9.79. The van der Waals surface area contributed by atoms with Gasteiger partial charge < -0.3 is 52.3 Å². The molecule has 348 valence electrons. The first-order valence-electron chi connectivity index (χ1n) is 22.2. The molecule has 3 fully saturated rings. The van der Waals surface area contributed by atoms with Crippen molar-refractivity contribution in [3.8, 4) is 0 Å². The Labute approximate surface area is 367 Å². The highest BCUT2D eigenvalue weighted by molar-refractivity contribution is 6.04. The molecule has 1 aromatic carbocycles. The number of rotatable bonds is 11. The number of ketones is 1. The van der Waals surface area contributed by atoms with Crippen LogP contribution in [0.1, 0.15) is 107 Å². The summed E-state index contributed by atoms with van der Waals surface area (Å²) in [6.45, 7) is 20.0. The lowest BCUT2D eigenvalue weighted by Gasteiger charge is -2.48. The number of likely N-dealkylation sites (N-methyl/N-ethyl adjacent to an activating group) is 1. The van der Waals surface area contributed by atoms with E-state index >= 15 is 0 Å². The van der Waals surface area contributed by atoms with E-state index in [2.05, 4.69) is 6.92 Å². The third-order valence-corrected chi connectivity index (χ3v) is 13.4. The quantitative estimate of drug-likeness (QED) is 0.166. The lowest BCUT2D eigenvalue weighted by Crippen LogP contribution is -2.59. The van der Waals surface area contributed by atoms with Gasteiger partial charge in [0.15, 0.2) is 24.8 Å². The molecule has 15 nitrogen and oxygen atoms in total. The van der Waals surface area contributed by atoms with E-state index in [4.69, 9.17) is 47.4 Å². The maximum atomic E-state index is 14.5. The van der Waals surface area contributed by atoms with E-state index < -0.39 is 90.3 Å². The molecule has 5 rings (SSSR count). The Kier molecular flexibility index (Phi) is 16.3. The molecule has 4 heterocycles. The molecule has 4 aliphatic rings. The zero-order chi connectivity index (χ0) is 45.8. The predicted octanol–water partition coefficient (Wildman–Crippen LogP) is 6.92. The van der Waals surface area contributed by atoms with Crippen LogP contribution >= 0.6 is 0 Å². The molecule has 0 aromatic heterocycles. The molecule has 0 saturated carbocycles. The fraction of sp³-hybridized carbons (Fsp3) is 0.745. The zero-order valence-corrected chi connectivity index (χ0v) is 39.2. The van der Waals surface area contributed by atoms with Crippen molar-refractivity contribution < 1.29 is 66.5 Å². The van der Waals surface area contributed by atoms with Crippen LogP contribution in [0.15, 0.2) is 41.7 Å². The number of methoxy groups -OCH3 is 1. The maximum Gasteiger partial charge on any atom is 0.509 e. The largest absolute Gasteiger partial charge is 0.509 e. The number of Topliss-reactive ketones (excluding diaryl/α,β-unsaturated/α-hetero) is 1. The fourth-order valence-corrected chi connectivity index (χ4v) is 9.89. The van der Waals surface area contributed by atoms with Gasteiger partial charge in [-0.05, 0) is 86.4 Å². The van der Waals surface area contributed by atoms with E-state index in [1.54, 1.807) is 27.7 Å². The minimum atomic E-state index is -1.42. The Hall–Kier alpha value is -3.60. The highest BCUT2D eigenvalue weighted by Crippen LogP contribution is 2.44. The third kappa shape index (κ3) is 10.8. The Bertz CT molecular complexity index is 1750. The van der Waals surface area contributed by atoms with Crippen LogP contribution in [-0.2, 0) is 68.4 Å². The average Bonchev–Trinajstić information content (AvgIpc) is 3.46. The van der Waals surface area contributed by atoms with Gasteiger partial charge >= 0.3 is 18.1 Å². The second kappa shape index (κ2) is 20.5. The van der Waals surface area contributed by atoms with Crippen molar-refractivity contribution in [1.82, 2.24) is 4.90 Å². The van der Waals surface area contributed by atoms with Gasteiger partial charge in [0, 0.05) is 37.9 Å². The topological polar surface area (TPSA) is 164 Å². The highest BCUT2D eigenvalue weighted by Gasteiger charge is 2.55. The second-order valence-electron chi connectivity index (χ2n) is 18.5. The number of nitrogens with zero attached hydrogens (tertiary/aromatic N) is 1. The minimum absolute atomic E-state index is 0.0306. The zero-order valence-electron chi connectivity index (χ0n) is 39.2. The Morgan fingerprint density at radius 2 is 1.58 bits per heavy atom. The van der Waals surface area contributed by atoms with Gasteiger partial charge in [-0.15, -0.1) is 0 Å². The van der Waals surface area contributed by atoms with Crippen molar-refractivity contribution in [2.45, 2.75) is 181 Å². The first-order valence-corrected chi connectivity index (χ1v) is 22.2. The van der Waals surface area contributed by atoms with Crippen molar-refractivity contribution in [3.63, 3.8) is 0 Å². The van der Waals surface area contributed by atoms with Crippen molar-refractivity contribution >= 4 is 23.9 Å². The van der Waals surface area contributed by atoms with Crippen molar-refractivity contribution in [3.05, 3.63) is 47.2 Å². The summed E-state index contributed by atoms with van der Waals surface area (Å²) in [5.41, 5.74) is -1.21. The Balaban J connectivity index is 1.51. The molecule has 62 heavy (non-hydrogen) atoms. The number of hydrogen-bond acceptors (Lipinski definition) is 15. The summed E-state index contributed by atoms with van der Waals surface area (Å²) in [5.74, 6) is -2.68. The van der Waals surface area contributed by atoms with Crippen LogP contribution in [-0.4, -0.2) is 123 Å². The monoisotopic (exact) mass is 873 g/mol. The van der Waals surface area contributed by atoms with Crippen LogP contribution < -0.4 is 0 Å². The number of ether oxygens (including phenoxy) is 10. The van der Waals surface area contributed by atoms with Crippen LogP contribution in [0.3, 0.4) is 0 Å². The number of benzene rings is 1. The third-order valence-electron chi connectivity index (χ3n) is 13.4. The van der Waals surface area contributed by atoms with Crippen molar-refractivity contribution in [2.75, 3.05) is 21.2 Å². The van der Waals surface area contributed by atoms with Gasteiger partial charge in [0.25, 0.3) is 0 Å². The van der Waals surface area contributed by atoms with E-state index in [-0.39, 0.29) is 42.8 Å². The van der Waals surface area contributed by atoms with Crippen LogP contribution in [0.25, 0.3) is 0 Å². The lowest BCUT2D eigenvalue weighted by molar-refractivity contribution is -0.310. The number of allylic oxidation sites excluding steroid dienone is 1. The summed E-state index contributed by atoms with van der Waals surface area (Å²) >= 11 is 0. The van der Waals surface area contributed by atoms with E-state index in [0.717, 1.165) is 5.56 Å². The van der Waals surface area contributed by atoms with Crippen molar-refractivity contribution in [1.29, 1.82) is 0 Å². The fourth-order valence-electron chi connectivity index (χ4n) is 9.89. The minimum Gasteiger partial charge on any atom is -0.479 e. The smallest absolute Gasteiger partial charge is 0.479 e. The van der Waals surface area contributed by atoms with Gasteiger partial charge in [-0.3, -0.25) is 14.4 Å². The SMILES string of the molecule is CC[C@H]1OC(=O)[C@H](C)[C@@H](O[C@H]2C[C@@](C)(OC)[C@@H](OC(=O)OCc3ccccc3)[C@H](C)O2)[C@H](C)[C@@H](O[C@@H]2O[C@H](C)C[C@H](N(C)C)[C@H]2OC(C)=O)[C@@H](C)C[C@@H](C)C2=C(C)C(=O)[C@@]1(C)O2. The van der Waals surface area contributed by atoms with Gasteiger partial charge in [-0.1, -0.05) is 58.0 Å². The van der Waals surface area contributed by atoms with Gasteiger partial charge in [-0.2, -0.15) is 0 Å². The average molecular weight is 874 g/mol. The van der Waals surface area contributed by atoms with E-state index in [1.165, 1.54) is 14.0 Å². The van der Waals surface area contributed by atoms with Crippen molar-refractivity contribution in [2.24, 2.45) is 23.7 Å². The number of carbonyl (C=O) groups excluding carboxylic acids is 4. The highest BCUT2D eigenvalue weighted by atomic mass is 16.8. The van der Waals surface area contributed by atoms with E-state index in [9.17, 15) is 19.2 Å². The molecular formula is C47H71NO14. The summed E-state index contributed by atoms with van der Waals surface area (Å²) in [7, 11) is 5.38. The summed E-state index contributed by atoms with van der Waals surface area (Å²) in [5, 5.41) is 0. The van der Waals surface area contributed by atoms with Gasteiger partial charge in [0.2, 0.25) is 11.4 Å². The molecule has 4 aliphatic heterocycles. The first-order chi connectivity index (χ1) is 29.1. The molecule has 1 aromatic rings.